The van der Waals surface area contributed by atoms with E-state index >= 15 is 0 Å². The summed E-state index contributed by atoms with van der Waals surface area (Å²) in [4.78, 5) is 0. The van der Waals surface area contributed by atoms with E-state index in [1.54, 1.807) is 0 Å². The molecule has 0 saturated heterocycles. The molecule has 0 bridgehead atoms. The van der Waals surface area contributed by atoms with Crippen molar-refractivity contribution in [3.8, 4) is 0 Å². The fraction of sp³-hybridized carbons (Fsp3) is 0.0638. The Hall–Kier alpha value is -6.09. The molecule has 4 nitrogen and oxygen atoms in total. The first-order chi connectivity index (χ1) is 26.2. The van der Waals surface area contributed by atoms with E-state index in [0.717, 1.165) is 48.1 Å². The molecule has 0 atom stereocenters. The molecule has 0 radical (unpaired) electrons. The maximum Gasteiger partial charge on any atom is 0.380 e. The highest BCUT2D eigenvalue weighted by Crippen LogP contribution is 2.16. The summed E-state index contributed by atoms with van der Waals surface area (Å²) in [5.74, 6) is 0. The fourth-order valence-corrected chi connectivity index (χ4v) is 14.0. The quantitative estimate of drug-likeness (QED) is 0.0530. The summed E-state index contributed by atoms with van der Waals surface area (Å²) in [6.45, 7) is 2.12. The number of rotatable bonds is 14. The predicted octanol–water partition coefficient (Wildman–Crippen LogP) is 6.91. The molecule has 53 heavy (non-hydrogen) atoms. The van der Waals surface area contributed by atoms with Crippen LogP contribution >= 0.6 is 0 Å². The lowest BCUT2D eigenvalue weighted by molar-refractivity contribution is 0.344. The smallest absolute Gasteiger partial charge is 0.380 e. The fourth-order valence-electron chi connectivity index (χ4n) is 6.84. The first kappa shape index (κ1) is 35.3. The highest BCUT2D eigenvalue weighted by atomic mass is 28.4. The van der Waals surface area contributed by atoms with Gasteiger partial charge in [0.2, 0.25) is 0 Å². The van der Waals surface area contributed by atoms with Gasteiger partial charge in [-0.25, -0.2) is 0 Å². The third-order valence-corrected chi connectivity index (χ3v) is 17.2. The van der Waals surface area contributed by atoms with Crippen molar-refractivity contribution < 1.29 is 9.05 Å². The summed E-state index contributed by atoms with van der Waals surface area (Å²) in [7, 11) is -6.18. The molecule has 0 aromatic heterocycles. The van der Waals surface area contributed by atoms with Gasteiger partial charge in [0.1, 0.15) is 0 Å². The lowest BCUT2D eigenvalue weighted by Crippen LogP contribution is -2.68. The van der Waals surface area contributed by atoms with Gasteiger partial charge in [-0.15, -0.1) is 10.3 Å². The Morgan fingerprint density at radius 1 is 0.377 bits per heavy atom. The van der Waals surface area contributed by atoms with E-state index in [0.29, 0.717) is 12.8 Å². The summed E-state index contributed by atoms with van der Waals surface area (Å²) in [6.07, 6.45) is 1.12. The summed E-state index contributed by atoms with van der Waals surface area (Å²) in [5.41, 5.74) is 2.64. The van der Waals surface area contributed by atoms with Crippen LogP contribution < -0.4 is 31.1 Å². The molecule has 0 amide bonds. The zero-order valence-corrected chi connectivity index (χ0v) is 31.8. The Morgan fingerprint density at radius 3 is 0.925 bits per heavy atom. The van der Waals surface area contributed by atoms with Gasteiger partial charge >= 0.3 is 16.6 Å². The minimum absolute atomic E-state index is 0.451. The second kappa shape index (κ2) is 17.0. The molecule has 0 N–H and O–H groups in total. The van der Waals surface area contributed by atoms with Crippen molar-refractivity contribution in [3.63, 3.8) is 0 Å². The average molecular weight is 723 g/mol. The molecule has 7 aromatic carbocycles. The van der Waals surface area contributed by atoms with Crippen molar-refractivity contribution in [2.45, 2.75) is 19.8 Å². The molecule has 0 saturated carbocycles. The van der Waals surface area contributed by atoms with Crippen LogP contribution in [0, 0.1) is 0 Å². The monoisotopic (exact) mass is 722 g/mol. The Kier molecular flexibility index (Phi) is 11.3. The molecule has 260 valence electrons. The second-order valence-corrected chi connectivity index (χ2v) is 19.4. The lowest BCUT2D eigenvalue weighted by Gasteiger charge is -2.31. The molecule has 0 aliphatic carbocycles. The largest absolute Gasteiger partial charge is 0.438 e. The Bertz CT molecular complexity index is 2030. The molecular weight excluding hydrogens is 681 g/mol. The van der Waals surface area contributed by atoms with Gasteiger partial charge in [-0.05, 0) is 43.1 Å². The molecule has 0 unspecified atom stereocenters. The van der Waals surface area contributed by atoms with Gasteiger partial charge in [-0.1, -0.05) is 219 Å². The Balaban J connectivity index is 1.35. The van der Waals surface area contributed by atoms with E-state index in [4.69, 9.17) is 19.4 Å². The van der Waals surface area contributed by atoms with Crippen LogP contribution in [-0.4, -0.2) is 28.1 Å². The van der Waals surface area contributed by atoms with E-state index in [2.05, 4.69) is 165 Å². The van der Waals surface area contributed by atoms with Crippen molar-refractivity contribution >= 4 is 59.2 Å². The molecule has 0 aliphatic heterocycles. The van der Waals surface area contributed by atoms with Crippen molar-refractivity contribution in [1.29, 1.82) is 0 Å². The zero-order valence-electron chi connectivity index (χ0n) is 29.8. The molecular formula is C47H42N2O2Si2. The van der Waals surface area contributed by atoms with Crippen LogP contribution in [0.15, 0.2) is 223 Å². The van der Waals surface area contributed by atoms with Crippen LogP contribution in [0.25, 0.3) is 0 Å². The molecule has 0 heterocycles. The van der Waals surface area contributed by atoms with E-state index in [1.807, 2.05) is 54.6 Å². The van der Waals surface area contributed by atoms with Gasteiger partial charge in [-0.3, -0.25) is 0 Å². The van der Waals surface area contributed by atoms with Gasteiger partial charge in [0, 0.05) is 6.42 Å². The first-order valence-corrected chi connectivity index (χ1v) is 21.9. The molecule has 7 aromatic rings. The van der Waals surface area contributed by atoms with Crippen molar-refractivity contribution in [2.75, 3.05) is 0 Å². The van der Waals surface area contributed by atoms with Gasteiger partial charge in [0.05, 0.1) is 11.4 Å². The topological polar surface area (TPSA) is 43.2 Å². The van der Waals surface area contributed by atoms with Crippen molar-refractivity contribution in [1.82, 2.24) is 0 Å². The Labute approximate surface area is 315 Å². The lowest BCUT2D eigenvalue weighted by atomic mass is 10.0. The number of benzene rings is 7. The minimum Gasteiger partial charge on any atom is -0.438 e. The molecule has 6 heteroatoms. The minimum atomic E-state index is -3.11. The number of hydrogen-bond donors (Lipinski definition) is 0. The average Bonchev–Trinajstić information content (AvgIpc) is 3.25. The van der Waals surface area contributed by atoms with Crippen LogP contribution in [0.5, 0.6) is 0 Å². The van der Waals surface area contributed by atoms with Crippen LogP contribution in [-0.2, 0) is 9.05 Å². The van der Waals surface area contributed by atoms with E-state index in [-0.39, 0.29) is 0 Å². The molecule has 7 rings (SSSR count). The maximum atomic E-state index is 7.14. The van der Waals surface area contributed by atoms with Gasteiger partial charge in [0.15, 0.2) is 0 Å². The third-order valence-electron chi connectivity index (χ3n) is 9.57. The zero-order chi connectivity index (χ0) is 36.2. The molecule has 0 spiro atoms. The summed E-state index contributed by atoms with van der Waals surface area (Å²) < 4.78 is 14.2. The van der Waals surface area contributed by atoms with Gasteiger partial charge in [-0.2, -0.15) is 0 Å². The first-order valence-electron chi connectivity index (χ1n) is 18.1. The third kappa shape index (κ3) is 7.60. The van der Waals surface area contributed by atoms with Crippen LogP contribution in [0.1, 0.15) is 25.3 Å². The van der Waals surface area contributed by atoms with Crippen LogP contribution in [0.4, 0.5) is 0 Å². The summed E-state index contributed by atoms with van der Waals surface area (Å²) in [5, 5.41) is 17.0. The molecule has 0 fully saturated rings. The van der Waals surface area contributed by atoms with Crippen LogP contribution in [0.2, 0.25) is 0 Å². The predicted molar refractivity (Wildman–Crippen MR) is 225 cm³/mol. The Morgan fingerprint density at radius 2 is 0.642 bits per heavy atom. The van der Waals surface area contributed by atoms with Crippen molar-refractivity contribution in [2.24, 2.45) is 10.3 Å². The molecule has 0 aliphatic rings. The van der Waals surface area contributed by atoms with Gasteiger partial charge < -0.3 is 9.05 Å². The normalized spacial score (nSPS) is 12.2. The summed E-state index contributed by atoms with van der Waals surface area (Å²) in [6, 6.07) is 73.5. The van der Waals surface area contributed by atoms with Crippen LogP contribution in [0.3, 0.4) is 0 Å². The highest BCUT2D eigenvalue weighted by Gasteiger charge is 2.46. The van der Waals surface area contributed by atoms with Crippen molar-refractivity contribution in [3.05, 3.63) is 218 Å². The number of hydrogen-bond acceptors (Lipinski definition) is 4. The highest BCUT2D eigenvalue weighted by molar-refractivity contribution is 7.07. The van der Waals surface area contributed by atoms with E-state index in [1.165, 1.54) is 0 Å². The standard InChI is InChI=1S/C47H42N2O2Si2/c1-2-40(48-50-52(41-26-12-4-13-27-41,42-28-14-5-15-29-42)43-30-16-6-17-31-43)38-47(39-24-10-3-11-25-39)49-51-53(44-32-18-7-19-33-44,45-34-20-8-21-35-45)46-36-22-9-23-37-46/h3-37H,2,38H2,1H3/b48-40+,49-47+. The SMILES string of the molecule is CC/C(C/C(=N\O[Si](c1ccccc1)(c1ccccc1)c1ccccc1)c1ccccc1)=N\O[Si](c1ccccc1)(c1ccccc1)c1ccccc1. The van der Waals surface area contributed by atoms with Gasteiger partial charge in [0.25, 0.3) is 0 Å². The van der Waals surface area contributed by atoms with E-state index in [9.17, 15) is 0 Å². The van der Waals surface area contributed by atoms with E-state index < -0.39 is 16.6 Å². The maximum absolute atomic E-state index is 7.14. The number of nitrogens with zero attached hydrogens (tertiary/aromatic N) is 2. The summed E-state index contributed by atoms with van der Waals surface area (Å²) >= 11 is 0. The number of oxime groups is 2. The second-order valence-electron chi connectivity index (χ2n) is 12.8.